The normalized spacial score (nSPS) is 10.5. The van der Waals surface area contributed by atoms with E-state index in [1.54, 1.807) is 32.0 Å². The number of anilines is 1. The Morgan fingerprint density at radius 3 is 2.79 bits per heavy atom. The van der Waals surface area contributed by atoms with Crippen molar-refractivity contribution in [2.24, 2.45) is 0 Å². The molecule has 0 saturated heterocycles. The minimum atomic E-state index is -0.454. The van der Waals surface area contributed by atoms with Crippen LogP contribution in [0.2, 0.25) is 0 Å². The van der Waals surface area contributed by atoms with E-state index in [1.165, 1.54) is 18.3 Å². The third-order valence-electron chi connectivity index (χ3n) is 2.74. The lowest BCUT2D eigenvalue weighted by molar-refractivity contribution is 0.0527. The van der Waals surface area contributed by atoms with Gasteiger partial charge >= 0.3 is 5.97 Å². The summed E-state index contributed by atoms with van der Waals surface area (Å²) >= 11 is 0. The van der Waals surface area contributed by atoms with Crippen LogP contribution in [0.3, 0.4) is 0 Å². The van der Waals surface area contributed by atoms with Crippen molar-refractivity contribution in [3.05, 3.63) is 35.8 Å². The summed E-state index contributed by atoms with van der Waals surface area (Å²) in [5, 5.41) is 0.593. The molecule has 1 heterocycles. The Kier molecular flexibility index (Phi) is 3.64. The first kappa shape index (κ1) is 13.3. The third-order valence-corrected chi connectivity index (χ3v) is 2.74. The molecule has 0 N–H and O–H groups in total. The Balaban J connectivity index is 2.71. The van der Waals surface area contributed by atoms with E-state index in [4.69, 9.17) is 4.74 Å². The molecule has 2 aromatic rings. The van der Waals surface area contributed by atoms with Crippen LogP contribution in [-0.4, -0.2) is 31.7 Å². The molecule has 19 heavy (non-hydrogen) atoms. The second-order valence-electron chi connectivity index (χ2n) is 4.30. The van der Waals surface area contributed by atoms with Gasteiger partial charge in [-0.1, -0.05) is 0 Å². The third kappa shape index (κ3) is 2.50. The van der Waals surface area contributed by atoms with Gasteiger partial charge in [0.05, 0.1) is 17.8 Å². The van der Waals surface area contributed by atoms with E-state index in [0.29, 0.717) is 22.2 Å². The highest BCUT2D eigenvalue weighted by atomic mass is 19.1. The number of ether oxygens (including phenoxy) is 1. The monoisotopic (exact) mass is 262 g/mol. The van der Waals surface area contributed by atoms with Gasteiger partial charge in [-0.15, -0.1) is 0 Å². The molecule has 1 aromatic heterocycles. The quantitative estimate of drug-likeness (QED) is 0.797. The van der Waals surface area contributed by atoms with Crippen LogP contribution in [0, 0.1) is 5.82 Å². The smallest absolute Gasteiger partial charge is 0.341 e. The molecule has 0 atom stereocenters. The van der Waals surface area contributed by atoms with Crippen LogP contribution in [0.1, 0.15) is 17.3 Å². The molecule has 4 nitrogen and oxygen atoms in total. The summed E-state index contributed by atoms with van der Waals surface area (Å²) in [6, 6.07) is 4.31. The van der Waals surface area contributed by atoms with E-state index >= 15 is 0 Å². The average molecular weight is 262 g/mol. The summed E-state index contributed by atoms with van der Waals surface area (Å²) in [5.41, 5.74) is 1.59. The van der Waals surface area contributed by atoms with Gasteiger partial charge in [0.1, 0.15) is 11.4 Å². The first-order valence-electron chi connectivity index (χ1n) is 5.97. The standard InChI is InChI=1S/C14H15FN2O2/c1-4-19-14(18)11-8-16-12-6-5-9(15)7-10(12)13(11)17(2)3/h5-8H,4H2,1-3H3. The minimum absolute atomic E-state index is 0.285. The predicted molar refractivity (Wildman–Crippen MR) is 72.0 cm³/mol. The maximum Gasteiger partial charge on any atom is 0.341 e. The van der Waals surface area contributed by atoms with Crippen molar-refractivity contribution < 1.29 is 13.9 Å². The summed E-state index contributed by atoms with van der Waals surface area (Å²) in [6.07, 6.45) is 1.47. The Morgan fingerprint density at radius 2 is 2.16 bits per heavy atom. The largest absolute Gasteiger partial charge is 0.462 e. The Hall–Kier alpha value is -2.17. The summed E-state index contributed by atoms with van der Waals surface area (Å²) in [5.74, 6) is -0.816. The lowest BCUT2D eigenvalue weighted by Gasteiger charge is -2.18. The average Bonchev–Trinajstić information content (AvgIpc) is 2.37. The zero-order chi connectivity index (χ0) is 14.0. The van der Waals surface area contributed by atoms with E-state index in [2.05, 4.69) is 4.98 Å². The number of pyridine rings is 1. The first-order chi connectivity index (χ1) is 9.04. The van der Waals surface area contributed by atoms with Gasteiger partial charge in [0.15, 0.2) is 0 Å². The van der Waals surface area contributed by atoms with Gasteiger partial charge in [0.2, 0.25) is 0 Å². The van der Waals surface area contributed by atoms with E-state index < -0.39 is 5.97 Å². The van der Waals surface area contributed by atoms with Gasteiger partial charge < -0.3 is 9.64 Å². The molecule has 0 aliphatic heterocycles. The van der Waals surface area contributed by atoms with Crippen molar-refractivity contribution in [2.75, 3.05) is 25.6 Å². The number of fused-ring (bicyclic) bond motifs is 1. The van der Waals surface area contributed by atoms with E-state index in [9.17, 15) is 9.18 Å². The minimum Gasteiger partial charge on any atom is -0.462 e. The molecular formula is C14H15FN2O2. The van der Waals surface area contributed by atoms with Crippen LogP contribution < -0.4 is 4.90 Å². The second kappa shape index (κ2) is 5.22. The van der Waals surface area contributed by atoms with Crippen molar-refractivity contribution >= 4 is 22.6 Å². The van der Waals surface area contributed by atoms with Crippen LogP contribution in [0.4, 0.5) is 10.1 Å². The predicted octanol–water partition coefficient (Wildman–Crippen LogP) is 2.62. The highest BCUT2D eigenvalue weighted by molar-refractivity contribution is 6.05. The van der Waals surface area contributed by atoms with Gasteiger partial charge in [-0.05, 0) is 25.1 Å². The van der Waals surface area contributed by atoms with Crippen molar-refractivity contribution in [2.45, 2.75) is 6.92 Å². The molecule has 0 spiro atoms. The highest BCUT2D eigenvalue weighted by Crippen LogP contribution is 2.29. The Bertz CT molecular complexity index is 626. The number of nitrogens with zero attached hydrogens (tertiary/aromatic N) is 2. The van der Waals surface area contributed by atoms with Crippen molar-refractivity contribution in [1.82, 2.24) is 4.98 Å². The summed E-state index contributed by atoms with van der Waals surface area (Å²) in [6.45, 7) is 2.02. The zero-order valence-electron chi connectivity index (χ0n) is 11.1. The van der Waals surface area contributed by atoms with Gasteiger partial charge in [-0.25, -0.2) is 9.18 Å². The molecule has 0 amide bonds. The van der Waals surface area contributed by atoms with Crippen molar-refractivity contribution in [1.29, 1.82) is 0 Å². The maximum absolute atomic E-state index is 13.4. The molecule has 2 rings (SSSR count). The number of aromatic nitrogens is 1. The molecule has 0 bridgehead atoms. The molecule has 1 aromatic carbocycles. The number of carbonyl (C=O) groups excluding carboxylic acids is 1. The molecular weight excluding hydrogens is 247 g/mol. The lowest BCUT2D eigenvalue weighted by Crippen LogP contribution is -2.16. The first-order valence-corrected chi connectivity index (χ1v) is 5.97. The SMILES string of the molecule is CCOC(=O)c1cnc2ccc(F)cc2c1N(C)C. The molecule has 0 unspecified atom stereocenters. The number of halogens is 1. The topological polar surface area (TPSA) is 42.4 Å². The van der Waals surface area contributed by atoms with E-state index in [1.807, 2.05) is 0 Å². The number of hydrogen-bond acceptors (Lipinski definition) is 4. The molecule has 0 aliphatic rings. The lowest BCUT2D eigenvalue weighted by atomic mass is 10.1. The fourth-order valence-corrected chi connectivity index (χ4v) is 1.99. The van der Waals surface area contributed by atoms with Crippen LogP contribution in [-0.2, 0) is 4.74 Å². The molecule has 0 fully saturated rings. The molecule has 0 saturated carbocycles. The number of rotatable bonds is 3. The molecule has 0 aliphatic carbocycles. The summed E-state index contributed by atoms with van der Waals surface area (Å²) in [4.78, 5) is 17.9. The van der Waals surface area contributed by atoms with Crippen LogP contribution in [0.15, 0.2) is 24.4 Å². The molecule has 0 radical (unpaired) electrons. The number of esters is 1. The highest BCUT2D eigenvalue weighted by Gasteiger charge is 2.18. The van der Waals surface area contributed by atoms with Crippen molar-refractivity contribution in [3.63, 3.8) is 0 Å². The number of hydrogen-bond donors (Lipinski definition) is 0. The summed E-state index contributed by atoms with van der Waals surface area (Å²) < 4.78 is 18.4. The van der Waals surface area contributed by atoms with Crippen molar-refractivity contribution in [3.8, 4) is 0 Å². The fourth-order valence-electron chi connectivity index (χ4n) is 1.99. The van der Waals surface area contributed by atoms with Gasteiger partial charge in [0, 0.05) is 25.7 Å². The van der Waals surface area contributed by atoms with E-state index in [-0.39, 0.29) is 12.4 Å². The van der Waals surface area contributed by atoms with Crippen LogP contribution in [0.5, 0.6) is 0 Å². The van der Waals surface area contributed by atoms with Gasteiger partial charge in [-0.2, -0.15) is 0 Å². The van der Waals surface area contributed by atoms with Gasteiger partial charge in [-0.3, -0.25) is 4.98 Å². The Morgan fingerprint density at radius 1 is 1.42 bits per heavy atom. The summed E-state index contributed by atoms with van der Waals surface area (Å²) in [7, 11) is 3.59. The van der Waals surface area contributed by atoms with E-state index in [0.717, 1.165) is 0 Å². The second-order valence-corrected chi connectivity index (χ2v) is 4.30. The maximum atomic E-state index is 13.4. The zero-order valence-corrected chi connectivity index (χ0v) is 11.1. The Labute approximate surface area is 110 Å². The molecule has 100 valence electrons. The van der Waals surface area contributed by atoms with Crippen LogP contribution >= 0.6 is 0 Å². The molecule has 5 heteroatoms. The van der Waals surface area contributed by atoms with Crippen LogP contribution in [0.25, 0.3) is 10.9 Å². The fraction of sp³-hybridized carbons (Fsp3) is 0.286. The number of carbonyl (C=O) groups is 1. The number of benzene rings is 1. The van der Waals surface area contributed by atoms with Gasteiger partial charge in [0.25, 0.3) is 0 Å².